The zero-order valence-electron chi connectivity index (χ0n) is 11.9. The predicted molar refractivity (Wildman–Crippen MR) is 81.4 cm³/mol. The first-order valence-electron chi connectivity index (χ1n) is 7.01. The number of nitrogens with zero attached hydrogens (tertiary/aromatic N) is 1. The molecule has 1 N–H and O–H groups in total. The van der Waals surface area contributed by atoms with Crippen molar-refractivity contribution in [2.75, 3.05) is 13.1 Å². The molecule has 0 amide bonds. The molecule has 1 aliphatic rings. The minimum atomic E-state index is -3.42. The highest BCUT2D eigenvalue weighted by Crippen LogP contribution is 2.25. The van der Waals surface area contributed by atoms with Gasteiger partial charge >= 0.3 is 0 Å². The molecule has 0 bridgehead atoms. The summed E-state index contributed by atoms with van der Waals surface area (Å²) in [5, 5.41) is 3.96. The molecule has 20 heavy (non-hydrogen) atoms. The van der Waals surface area contributed by atoms with Crippen LogP contribution in [0.25, 0.3) is 0 Å². The van der Waals surface area contributed by atoms with Crippen LogP contribution < -0.4 is 5.32 Å². The lowest BCUT2D eigenvalue weighted by atomic mass is 10.2. The summed E-state index contributed by atoms with van der Waals surface area (Å²) in [4.78, 5) is 0.318. The van der Waals surface area contributed by atoms with E-state index in [4.69, 9.17) is 11.6 Å². The van der Waals surface area contributed by atoms with Crippen molar-refractivity contribution in [3.05, 3.63) is 28.8 Å². The Morgan fingerprint density at radius 3 is 2.50 bits per heavy atom. The third-order valence-corrected chi connectivity index (χ3v) is 5.93. The molecule has 1 fully saturated rings. The Morgan fingerprint density at radius 1 is 1.30 bits per heavy atom. The van der Waals surface area contributed by atoms with E-state index < -0.39 is 10.0 Å². The van der Waals surface area contributed by atoms with Crippen molar-refractivity contribution in [2.24, 2.45) is 0 Å². The Hall–Kier alpha value is -0.620. The monoisotopic (exact) mass is 316 g/mol. The number of nitrogens with one attached hydrogen (secondary N) is 1. The van der Waals surface area contributed by atoms with E-state index in [2.05, 4.69) is 5.32 Å². The molecule has 0 spiro atoms. The van der Waals surface area contributed by atoms with Crippen LogP contribution in [-0.2, 0) is 16.6 Å². The summed E-state index contributed by atoms with van der Waals surface area (Å²) in [6, 6.07) is 5.50. The molecule has 0 unspecified atom stereocenters. The van der Waals surface area contributed by atoms with E-state index >= 15 is 0 Å². The van der Waals surface area contributed by atoms with Crippen LogP contribution >= 0.6 is 11.6 Å². The average molecular weight is 317 g/mol. The molecule has 0 radical (unpaired) electrons. The zero-order chi connectivity index (χ0) is 14.8. The third-order valence-electron chi connectivity index (χ3n) is 3.52. The summed E-state index contributed by atoms with van der Waals surface area (Å²) in [5.41, 5.74) is 0.840. The van der Waals surface area contributed by atoms with Crippen molar-refractivity contribution >= 4 is 21.6 Å². The summed E-state index contributed by atoms with van der Waals surface area (Å²) in [7, 11) is -3.42. The summed E-state index contributed by atoms with van der Waals surface area (Å²) in [5.74, 6) is 0. The fourth-order valence-electron chi connectivity index (χ4n) is 2.10. The predicted octanol–water partition coefficient (Wildman–Crippen LogP) is 2.62. The van der Waals surface area contributed by atoms with Gasteiger partial charge in [-0.15, -0.1) is 0 Å². The molecule has 1 saturated carbocycles. The van der Waals surface area contributed by atoms with Crippen molar-refractivity contribution in [3.8, 4) is 0 Å². The number of hydrogen-bond acceptors (Lipinski definition) is 3. The second-order valence-corrected chi connectivity index (χ2v) is 7.34. The smallest absolute Gasteiger partial charge is 0.243 e. The van der Waals surface area contributed by atoms with Gasteiger partial charge in [0.25, 0.3) is 0 Å². The Kier molecular flexibility index (Phi) is 5.07. The average Bonchev–Trinajstić information content (AvgIpc) is 3.22. The van der Waals surface area contributed by atoms with Gasteiger partial charge in [0.2, 0.25) is 10.0 Å². The Bertz CT molecular complexity index is 567. The lowest BCUT2D eigenvalue weighted by Crippen LogP contribution is -2.30. The van der Waals surface area contributed by atoms with Gasteiger partial charge in [-0.05, 0) is 36.6 Å². The molecule has 1 aliphatic carbocycles. The van der Waals surface area contributed by atoms with Gasteiger partial charge in [0.1, 0.15) is 0 Å². The van der Waals surface area contributed by atoms with Gasteiger partial charge in [-0.2, -0.15) is 4.31 Å². The second kappa shape index (κ2) is 6.43. The van der Waals surface area contributed by atoms with Crippen LogP contribution in [0.4, 0.5) is 0 Å². The molecule has 2 rings (SSSR count). The Morgan fingerprint density at radius 2 is 1.95 bits per heavy atom. The molecule has 4 nitrogen and oxygen atoms in total. The van der Waals surface area contributed by atoms with Gasteiger partial charge in [-0.1, -0.05) is 25.4 Å². The van der Waals surface area contributed by atoms with Crippen molar-refractivity contribution in [3.63, 3.8) is 0 Å². The molecule has 0 aromatic heterocycles. The highest BCUT2D eigenvalue weighted by atomic mass is 35.5. The first-order chi connectivity index (χ1) is 9.48. The Labute approximate surface area is 126 Å². The molecule has 1 aromatic carbocycles. The van der Waals surface area contributed by atoms with E-state index in [1.165, 1.54) is 17.1 Å². The minimum Gasteiger partial charge on any atom is -0.310 e. The second-order valence-electron chi connectivity index (χ2n) is 5.00. The maximum Gasteiger partial charge on any atom is 0.243 e. The third kappa shape index (κ3) is 3.52. The molecule has 0 aliphatic heterocycles. The molecule has 1 aromatic rings. The molecular weight excluding hydrogens is 296 g/mol. The SMILES string of the molecule is CCN(CC)S(=O)(=O)c1ccc(Cl)c(CNC2CC2)c1. The van der Waals surface area contributed by atoms with Crippen LogP contribution in [0.15, 0.2) is 23.1 Å². The highest BCUT2D eigenvalue weighted by molar-refractivity contribution is 7.89. The van der Waals surface area contributed by atoms with Gasteiger partial charge in [-0.25, -0.2) is 8.42 Å². The van der Waals surface area contributed by atoms with E-state index in [1.54, 1.807) is 18.2 Å². The van der Waals surface area contributed by atoms with E-state index in [9.17, 15) is 8.42 Å². The summed E-state index contributed by atoms with van der Waals surface area (Å²) in [6.45, 7) is 5.23. The van der Waals surface area contributed by atoms with E-state index in [0.29, 0.717) is 35.6 Å². The maximum absolute atomic E-state index is 12.5. The first kappa shape index (κ1) is 15.8. The van der Waals surface area contributed by atoms with Gasteiger partial charge in [0, 0.05) is 30.7 Å². The molecular formula is C14H21ClN2O2S. The maximum atomic E-state index is 12.5. The normalized spacial score (nSPS) is 15.8. The number of benzene rings is 1. The molecule has 0 heterocycles. The highest BCUT2D eigenvalue weighted by Gasteiger charge is 2.23. The van der Waals surface area contributed by atoms with Gasteiger partial charge < -0.3 is 5.32 Å². The van der Waals surface area contributed by atoms with E-state index in [0.717, 1.165) is 5.56 Å². The van der Waals surface area contributed by atoms with Gasteiger partial charge in [0.15, 0.2) is 0 Å². The lowest BCUT2D eigenvalue weighted by molar-refractivity contribution is 0.445. The summed E-state index contributed by atoms with van der Waals surface area (Å²) >= 11 is 6.15. The van der Waals surface area contributed by atoms with Crippen LogP contribution in [0, 0.1) is 0 Å². The quantitative estimate of drug-likeness (QED) is 0.841. The van der Waals surface area contributed by atoms with E-state index in [-0.39, 0.29) is 0 Å². The standard InChI is InChI=1S/C14H21ClN2O2S/c1-3-17(4-2)20(18,19)13-7-8-14(15)11(9-13)10-16-12-5-6-12/h7-9,12,16H,3-6,10H2,1-2H3. The topological polar surface area (TPSA) is 49.4 Å². The van der Waals surface area contributed by atoms with Crippen molar-refractivity contribution < 1.29 is 8.42 Å². The summed E-state index contributed by atoms with van der Waals surface area (Å²) < 4.78 is 26.4. The zero-order valence-corrected chi connectivity index (χ0v) is 13.5. The van der Waals surface area contributed by atoms with Crippen molar-refractivity contribution in [2.45, 2.75) is 44.2 Å². The Balaban J connectivity index is 2.24. The van der Waals surface area contributed by atoms with Crippen LogP contribution in [0.3, 0.4) is 0 Å². The minimum absolute atomic E-state index is 0.318. The molecule has 112 valence electrons. The fraction of sp³-hybridized carbons (Fsp3) is 0.571. The van der Waals surface area contributed by atoms with E-state index in [1.807, 2.05) is 13.8 Å². The fourth-order valence-corrected chi connectivity index (χ4v) is 3.79. The molecule has 0 atom stereocenters. The van der Waals surface area contributed by atoms with Gasteiger partial charge in [0.05, 0.1) is 4.90 Å². The number of sulfonamides is 1. The van der Waals surface area contributed by atoms with Gasteiger partial charge in [-0.3, -0.25) is 0 Å². The van der Waals surface area contributed by atoms with Crippen LogP contribution in [-0.4, -0.2) is 31.9 Å². The summed E-state index contributed by atoms with van der Waals surface area (Å²) in [6.07, 6.45) is 2.38. The number of hydrogen-bond donors (Lipinski definition) is 1. The van der Waals surface area contributed by atoms with Crippen LogP contribution in [0.1, 0.15) is 32.3 Å². The largest absolute Gasteiger partial charge is 0.310 e. The van der Waals surface area contributed by atoms with Crippen LogP contribution in [0.5, 0.6) is 0 Å². The molecule has 0 saturated heterocycles. The van der Waals surface area contributed by atoms with Crippen molar-refractivity contribution in [1.82, 2.24) is 9.62 Å². The van der Waals surface area contributed by atoms with Crippen molar-refractivity contribution in [1.29, 1.82) is 0 Å². The number of halogens is 1. The molecule has 6 heteroatoms. The number of rotatable bonds is 7. The lowest BCUT2D eigenvalue weighted by Gasteiger charge is -2.19. The van der Waals surface area contributed by atoms with Crippen LogP contribution in [0.2, 0.25) is 5.02 Å². The first-order valence-corrected chi connectivity index (χ1v) is 8.82.